The van der Waals surface area contributed by atoms with Gasteiger partial charge in [-0.1, -0.05) is 44.2 Å². The lowest BCUT2D eigenvalue weighted by molar-refractivity contribution is -0.384. The van der Waals surface area contributed by atoms with Crippen molar-refractivity contribution in [2.75, 3.05) is 0 Å². The molecule has 29 heavy (non-hydrogen) atoms. The third-order valence-electron chi connectivity index (χ3n) is 5.48. The number of fused-ring (bicyclic) bond motifs is 1. The largest absolute Gasteiger partial charge is 0.361 e. The molecule has 1 amide bonds. The molecule has 0 unspecified atom stereocenters. The zero-order valence-electron chi connectivity index (χ0n) is 17.1. The van der Waals surface area contributed by atoms with Crippen LogP contribution in [0.2, 0.25) is 0 Å². The number of hydrogen-bond donors (Lipinski definition) is 2. The number of benzene rings is 2. The van der Waals surface area contributed by atoms with Crippen molar-refractivity contribution in [3.05, 3.63) is 75.5 Å². The van der Waals surface area contributed by atoms with E-state index in [1.54, 1.807) is 12.1 Å². The summed E-state index contributed by atoms with van der Waals surface area (Å²) in [7, 11) is 0. The Morgan fingerprint density at radius 3 is 2.66 bits per heavy atom. The molecule has 3 aromatic rings. The number of nitro groups is 1. The van der Waals surface area contributed by atoms with Gasteiger partial charge in [-0.25, -0.2) is 0 Å². The first-order valence-electron chi connectivity index (χ1n) is 10.1. The molecular formula is C23H27N3O3. The number of rotatable bonds is 8. The maximum absolute atomic E-state index is 12.7. The molecule has 0 fully saturated rings. The number of non-ortho nitro benzene ring substituents is 1. The average Bonchev–Trinajstić information content (AvgIpc) is 3.15. The van der Waals surface area contributed by atoms with Gasteiger partial charge in [-0.05, 0) is 36.5 Å². The van der Waals surface area contributed by atoms with Crippen LogP contribution >= 0.6 is 0 Å². The number of aromatic nitrogens is 1. The molecule has 0 saturated carbocycles. The third-order valence-corrected chi connectivity index (χ3v) is 5.48. The number of carbonyl (C=O) groups excluding carboxylic acids is 1. The Kier molecular flexibility index (Phi) is 6.32. The minimum atomic E-state index is -0.399. The number of nitro benzene ring substituents is 1. The van der Waals surface area contributed by atoms with Crippen molar-refractivity contribution in [1.82, 2.24) is 10.3 Å². The van der Waals surface area contributed by atoms with E-state index in [1.165, 1.54) is 11.6 Å². The molecule has 0 aliphatic carbocycles. The molecule has 6 heteroatoms. The van der Waals surface area contributed by atoms with E-state index in [-0.39, 0.29) is 30.0 Å². The highest BCUT2D eigenvalue weighted by molar-refractivity contribution is 5.88. The third kappa shape index (κ3) is 4.47. The average molecular weight is 393 g/mol. The van der Waals surface area contributed by atoms with Crippen molar-refractivity contribution in [2.24, 2.45) is 0 Å². The van der Waals surface area contributed by atoms with Gasteiger partial charge >= 0.3 is 0 Å². The summed E-state index contributed by atoms with van der Waals surface area (Å²) in [6.07, 6.45) is 3.91. The highest BCUT2D eigenvalue weighted by Crippen LogP contribution is 2.35. The quantitative estimate of drug-likeness (QED) is 0.413. The summed E-state index contributed by atoms with van der Waals surface area (Å²) < 4.78 is 0. The van der Waals surface area contributed by atoms with Crippen molar-refractivity contribution >= 4 is 22.5 Å². The molecule has 0 aliphatic heterocycles. The fourth-order valence-corrected chi connectivity index (χ4v) is 3.71. The highest BCUT2D eigenvalue weighted by Gasteiger charge is 2.24. The second-order valence-electron chi connectivity index (χ2n) is 7.42. The van der Waals surface area contributed by atoms with Crippen LogP contribution in [-0.2, 0) is 11.2 Å². The molecule has 0 aliphatic rings. The van der Waals surface area contributed by atoms with Gasteiger partial charge in [0.2, 0.25) is 5.91 Å². The van der Waals surface area contributed by atoms with Gasteiger partial charge in [0.15, 0.2) is 0 Å². The predicted octanol–water partition coefficient (Wildman–Crippen LogP) is 5.08. The second kappa shape index (κ2) is 8.90. The lowest BCUT2D eigenvalue weighted by Gasteiger charge is -2.19. The number of nitrogens with one attached hydrogen (secondary N) is 2. The Morgan fingerprint density at radius 1 is 1.21 bits per heavy atom. The number of H-pyrrole nitrogens is 1. The molecule has 2 atom stereocenters. The minimum Gasteiger partial charge on any atom is -0.361 e. The van der Waals surface area contributed by atoms with E-state index in [0.29, 0.717) is 0 Å². The van der Waals surface area contributed by atoms with Crippen LogP contribution in [-0.4, -0.2) is 21.9 Å². The van der Waals surface area contributed by atoms with E-state index in [2.05, 4.69) is 23.3 Å². The van der Waals surface area contributed by atoms with Crippen LogP contribution in [0.25, 0.3) is 10.9 Å². The van der Waals surface area contributed by atoms with Crippen LogP contribution < -0.4 is 5.32 Å². The molecule has 2 N–H and O–H groups in total. The van der Waals surface area contributed by atoms with E-state index < -0.39 is 4.92 Å². The number of aromatic amines is 1. The van der Waals surface area contributed by atoms with Gasteiger partial charge in [0.1, 0.15) is 0 Å². The summed E-state index contributed by atoms with van der Waals surface area (Å²) in [4.78, 5) is 27.0. The first-order chi connectivity index (χ1) is 13.9. The topological polar surface area (TPSA) is 88.0 Å². The number of carbonyl (C=O) groups is 1. The zero-order chi connectivity index (χ0) is 21.0. The van der Waals surface area contributed by atoms with Crippen LogP contribution in [0.4, 0.5) is 5.69 Å². The van der Waals surface area contributed by atoms with Gasteiger partial charge in [-0.15, -0.1) is 0 Å². The zero-order valence-corrected chi connectivity index (χ0v) is 17.1. The maximum Gasteiger partial charge on any atom is 0.269 e. The van der Waals surface area contributed by atoms with Crippen molar-refractivity contribution < 1.29 is 9.72 Å². The Balaban J connectivity index is 2.07. The van der Waals surface area contributed by atoms with Crippen LogP contribution in [0, 0.1) is 10.1 Å². The second-order valence-corrected chi connectivity index (χ2v) is 7.42. The summed E-state index contributed by atoms with van der Waals surface area (Å²) in [5.41, 5.74) is 4.04. The van der Waals surface area contributed by atoms with Gasteiger partial charge in [-0.3, -0.25) is 14.9 Å². The van der Waals surface area contributed by atoms with E-state index >= 15 is 0 Å². The fraction of sp³-hybridized carbons (Fsp3) is 0.348. The number of aryl methyl sites for hydroxylation is 1. The molecular weight excluding hydrogens is 366 g/mol. The van der Waals surface area contributed by atoms with Gasteiger partial charge in [0, 0.05) is 47.6 Å². The Labute approximate surface area is 170 Å². The Morgan fingerprint density at radius 2 is 1.97 bits per heavy atom. The normalized spacial score (nSPS) is 13.2. The number of nitrogens with zero attached hydrogens (tertiary/aromatic N) is 1. The highest BCUT2D eigenvalue weighted by atomic mass is 16.6. The van der Waals surface area contributed by atoms with Gasteiger partial charge in [-0.2, -0.15) is 0 Å². The van der Waals surface area contributed by atoms with Crippen molar-refractivity contribution in [2.45, 2.75) is 52.0 Å². The van der Waals surface area contributed by atoms with Crippen LogP contribution in [0.15, 0.2) is 48.7 Å². The standard InChI is InChI=1S/C23H27N3O3/c1-4-15(3)25-22(27)13-20(17-9-6-10-18(12-17)26(28)29)21-14-24-23-16(5-2)8-7-11-19(21)23/h6-12,14-15,20,24H,4-5,13H2,1-3H3,(H,25,27)/t15-,20-/m0/s1. The molecule has 0 radical (unpaired) electrons. The Bertz CT molecular complexity index is 1030. The lowest BCUT2D eigenvalue weighted by atomic mass is 9.87. The SMILES string of the molecule is CCc1cccc2c([C@@H](CC(=O)N[C@@H](C)CC)c3cccc([N+](=O)[O-])c3)c[nH]c12. The van der Waals surface area contributed by atoms with Crippen molar-refractivity contribution in [3.63, 3.8) is 0 Å². The fourth-order valence-electron chi connectivity index (χ4n) is 3.71. The summed E-state index contributed by atoms with van der Waals surface area (Å²) >= 11 is 0. The van der Waals surface area contributed by atoms with Gasteiger partial charge in [0.05, 0.1) is 4.92 Å². The number of para-hydroxylation sites is 1. The molecule has 1 aromatic heterocycles. The summed E-state index contributed by atoms with van der Waals surface area (Å²) in [6.45, 7) is 6.10. The summed E-state index contributed by atoms with van der Waals surface area (Å²) in [6, 6.07) is 12.8. The first-order valence-corrected chi connectivity index (χ1v) is 10.1. The van der Waals surface area contributed by atoms with E-state index in [9.17, 15) is 14.9 Å². The van der Waals surface area contributed by atoms with E-state index in [4.69, 9.17) is 0 Å². The predicted molar refractivity (Wildman–Crippen MR) is 115 cm³/mol. The molecule has 0 bridgehead atoms. The molecule has 1 heterocycles. The lowest BCUT2D eigenvalue weighted by Crippen LogP contribution is -2.33. The molecule has 0 spiro atoms. The molecule has 2 aromatic carbocycles. The smallest absolute Gasteiger partial charge is 0.269 e. The van der Waals surface area contributed by atoms with Crippen molar-refractivity contribution in [1.29, 1.82) is 0 Å². The molecule has 0 saturated heterocycles. The van der Waals surface area contributed by atoms with Gasteiger partial charge in [0.25, 0.3) is 5.69 Å². The van der Waals surface area contributed by atoms with E-state index in [0.717, 1.165) is 34.9 Å². The summed E-state index contributed by atoms with van der Waals surface area (Å²) in [5, 5.41) is 15.4. The first kappa shape index (κ1) is 20.6. The maximum atomic E-state index is 12.7. The van der Waals surface area contributed by atoms with Crippen LogP contribution in [0.1, 0.15) is 56.2 Å². The molecule has 3 rings (SSSR count). The number of amides is 1. The summed E-state index contributed by atoms with van der Waals surface area (Å²) in [5.74, 6) is -0.336. The van der Waals surface area contributed by atoms with Gasteiger partial charge < -0.3 is 10.3 Å². The van der Waals surface area contributed by atoms with Crippen LogP contribution in [0.5, 0.6) is 0 Å². The monoisotopic (exact) mass is 393 g/mol. The number of hydrogen-bond acceptors (Lipinski definition) is 3. The van der Waals surface area contributed by atoms with Crippen LogP contribution in [0.3, 0.4) is 0 Å². The van der Waals surface area contributed by atoms with E-state index in [1.807, 2.05) is 38.2 Å². The van der Waals surface area contributed by atoms with Crippen molar-refractivity contribution in [3.8, 4) is 0 Å². The minimum absolute atomic E-state index is 0.0314. The Hall–Kier alpha value is -3.15. The molecule has 152 valence electrons. The molecule has 6 nitrogen and oxygen atoms in total.